The van der Waals surface area contributed by atoms with Crippen LogP contribution in [0.4, 0.5) is 5.69 Å². The summed E-state index contributed by atoms with van der Waals surface area (Å²) in [4.78, 5) is 12.6. The number of carboxylic acids is 1. The van der Waals surface area contributed by atoms with Crippen LogP contribution in [0.3, 0.4) is 0 Å². The molecule has 2 N–H and O–H groups in total. The fraction of sp³-hybridized carbons (Fsp3) is 0.462. The molecule has 0 radical (unpaired) electrons. The highest BCUT2D eigenvalue weighted by atomic mass is 32.2. The minimum absolute atomic E-state index is 0.0844. The van der Waals surface area contributed by atoms with Crippen LogP contribution in [-0.2, 0) is 27.7 Å². The molecule has 2 rings (SSSR count). The maximum Gasteiger partial charge on any atom is 0.307 e. The molecule has 20 heavy (non-hydrogen) atoms. The lowest BCUT2D eigenvalue weighted by molar-refractivity contribution is -0.136. The van der Waals surface area contributed by atoms with E-state index in [0.717, 1.165) is 5.69 Å². The molecule has 1 aromatic carbocycles. The average Bonchev–Trinajstić information content (AvgIpc) is 2.38. The maximum atomic E-state index is 11.4. The fourth-order valence-corrected chi connectivity index (χ4v) is 3.48. The highest BCUT2D eigenvalue weighted by Gasteiger charge is 2.23. The SMILES string of the molecule is O=C(O)Cc1ccc(CO)c(N2CCS(=O)(=O)CC2)c1. The van der Waals surface area contributed by atoms with Gasteiger partial charge in [-0.15, -0.1) is 0 Å². The topological polar surface area (TPSA) is 94.9 Å². The number of aliphatic hydroxyl groups is 1. The number of carboxylic acid groups (broad SMARTS) is 1. The number of aliphatic hydroxyl groups excluding tert-OH is 1. The Kier molecular flexibility index (Phi) is 4.29. The van der Waals surface area contributed by atoms with E-state index in [1.54, 1.807) is 18.2 Å². The summed E-state index contributed by atoms with van der Waals surface area (Å²) in [5.41, 5.74) is 2.04. The van der Waals surface area contributed by atoms with Crippen molar-refractivity contribution in [2.75, 3.05) is 29.5 Å². The van der Waals surface area contributed by atoms with Crippen LogP contribution in [0.1, 0.15) is 11.1 Å². The number of nitrogens with zero attached hydrogens (tertiary/aromatic N) is 1. The summed E-state index contributed by atoms with van der Waals surface area (Å²) in [6.45, 7) is 0.573. The van der Waals surface area contributed by atoms with Crippen LogP contribution in [0, 0.1) is 0 Å². The van der Waals surface area contributed by atoms with Crippen molar-refractivity contribution >= 4 is 21.5 Å². The lowest BCUT2D eigenvalue weighted by Crippen LogP contribution is -2.40. The van der Waals surface area contributed by atoms with E-state index in [1.807, 2.05) is 4.90 Å². The molecule has 0 unspecified atom stereocenters. The van der Waals surface area contributed by atoms with E-state index in [2.05, 4.69) is 0 Å². The lowest BCUT2D eigenvalue weighted by Gasteiger charge is -2.30. The third-order valence-corrected chi connectivity index (χ3v) is 4.97. The van der Waals surface area contributed by atoms with Crippen molar-refractivity contribution in [2.45, 2.75) is 13.0 Å². The van der Waals surface area contributed by atoms with Gasteiger partial charge in [-0.2, -0.15) is 0 Å². The number of sulfone groups is 1. The number of benzene rings is 1. The van der Waals surface area contributed by atoms with E-state index in [9.17, 15) is 18.3 Å². The highest BCUT2D eigenvalue weighted by molar-refractivity contribution is 7.91. The highest BCUT2D eigenvalue weighted by Crippen LogP contribution is 2.24. The van der Waals surface area contributed by atoms with Crippen LogP contribution in [0.5, 0.6) is 0 Å². The second-order valence-electron chi connectivity index (χ2n) is 4.83. The molecule has 0 amide bonds. The second kappa shape index (κ2) is 5.80. The average molecular weight is 299 g/mol. The number of anilines is 1. The summed E-state index contributed by atoms with van der Waals surface area (Å²) in [5.74, 6) is -0.754. The first-order valence-corrected chi connectivity index (χ1v) is 8.13. The number of carbonyl (C=O) groups is 1. The monoisotopic (exact) mass is 299 g/mol. The molecule has 1 saturated heterocycles. The lowest BCUT2D eigenvalue weighted by atomic mass is 10.1. The Morgan fingerprint density at radius 3 is 2.45 bits per heavy atom. The molecule has 0 spiro atoms. The van der Waals surface area contributed by atoms with Crippen molar-refractivity contribution in [1.29, 1.82) is 0 Å². The molecular weight excluding hydrogens is 282 g/mol. The Morgan fingerprint density at radius 1 is 1.25 bits per heavy atom. The van der Waals surface area contributed by atoms with Crippen LogP contribution in [-0.4, -0.2) is 49.2 Å². The third kappa shape index (κ3) is 3.49. The van der Waals surface area contributed by atoms with Gasteiger partial charge in [-0.05, 0) is 11.6 Å². The van der Waals surface area contributed by atoms with Gasteiger partial charge in [0.25, 0.3) is 0 Å². The molecule has 1 fully saturated rings. The molecule has 7 heteroatoms. The van der Waals surface area contributed by atoms with Crippen molar-refractivity contribution in [3.05, 3.63) is 29.3 Å². The van der Waals surface area contributed by atoms with Crippen molar-refractivity contribution < 1.29 is 23.4 Å². The Morgan fingerprint density at radius 2 is 1.90 bits per heavy atom. The van der Waals surface area contributed by atoms with Gasteiger partial charge in [0.1, 0.15) is 0 Å². The quantitative estimate of drug-likeness (QED) is 0.815. The van der Waals surface area contributed by atoms with Crippen molar-refractivity contribution in [2.24, 2.45) is 0 Å². The molecule has 0 aromatic heterocycles. The molecular formula is C13H17NO5S. The van der Waals surface area contributed by atoms with E-state index in [1.165, 1.54) is 0 Å². The third-order valence-electron chi connectivity index (χ3n) is 3.36. The first-order valence-electron chi connectivity index (χ1n) is 6.31. The predicted octanol–water partition coefficient (Wildman–Crippen LogP) is 0.0408. The molecule has 0 saturated carbocycles. The minimum atomic E-state index is -2.97. The molecule has 0 bridgehead atoms. The van der Waals surface area contributed by atoms with Gasteiger partial charge in [-0.1, -0.05) is 12.1 Å². The zero-order valence-electron chi connectivity index (χ0n) is 10.9. The summed E-state index contributed by atoms with van der Waals surface area (Å²) >= 11 is 0. The number of rotatable bonds is 4. The number of hydrogen-bond acceptors (Lipinski definition) is 5. The van der Waals surface area contributed by atoms with Gasteiger partial charge >= 0.3 is 5.97 Å². The van der Waals surface area contributed by atoms with E-state index >= 15 is 0 Å². The normalized spacial score (nSPS) is 17.9. The van der Waals surface area contributed by atoms with Gasteiger partial charge in [0.15, 0.2) is 9.84 Å². The summed E-state index contributed by atoms with van der Waals surface area (Å²) < 4.78 is 22.9. The Bertz CT molecular complexity index is 597. The zero-order valence-corrected chi connectivity index (χ0v) is 11.8. The Balaban J connectivity index is 2.26. The summed E-state index contributed by atoms with van der Waals surface area (Å²) in [6.07, 6.45) is -0.0924. The first-order chi connectivity index (χ1) is 9.41. The molecule has 6 nitrogen and oxygen atoms in total. The van der Waals surface area contributed by atoms with Crippen LogP contribution in [0.2, 0.25) is 0 Å². The predicted molar refractivity (Wildman–Crippen MR) is 74.6 cm³/mol. The zero-order chi connectivity index (χ0) is 14.8. The Labute approximate surface area is 117 Å². The van der Waals surface area contributed by atoms with E-state index in [4.69, 9.17) is 5.11 Å². The van der Waals surface area contributed by atoms with Crippen LogP contribution >= 0.6 is 0 Å². The molecule has 1 heterocycles. The van der Waals surface area contributed by atoms with Crippen molar-refractivity contribution in [3.63, 3.8) is 0 Å². The molecule has 0 atom stereocenters. The largest absolute Gasteiger partial charge is 0.481 e. The second-order valence-corrected chi connectivity index (χ2v) is 7.13. The molecule has 1 aromatic rings. The standard InChI is InChI=1S/C13H17NO5S/c15-9-11-2-1-10(8-13(16)17)7-12(11)14-3-5-20(18,19)6-4-14/h1-2,7,15H,3-6,8-9H2,(H,16,17). The van der Waals surface area contributed by atoms with Gasteiger partial charge < -0.3 is 15.1 Å². The van der Waals surface area contributed by atoms with E-state index in [0.29, 0.717) is 24.2 Å². The van der Waals surface area contributed by atoms with Crippen LogP contribution in [0.15, 0.2) is 18.2 Å². The number of aliphatic carboxylic acids is 1. The van der Waals surface area contributed by atoms with Crippen LogP contribution in [0.25, 0.3) is 0 Å². The summed E-state index contributed by atoms with van der Waals surface area (Å²) in [6, 6.07) is 5.08. The van der Waals surface area contributed by atoms with Crippen LogP contribution < -0.4 is 4.90 Å². The van der Waals surface area contributed by atoms with Gasteiger partial charge in [0.05, 0.1) is 24.5 Å². The van der Waals surface area contributed by atoms with Crippen molar-refractivity contribution in [1.82, 2.24) is 0 Å². The summed E-state index contributed by atoms with van der Waals surface area (Å²) in [5, 5.41) is 18.2. The maximum absolute atomic E-state index is 11.4. The van der Waals surface area contributed by atoms with Gasteiger partial charge in [-0.25, -0.2) is 8.42 Å². The number of hydrogen-bond donors (Lipinski definition) is 2. The fourth-order valence-electron chi connectivity index (χ4n) is 2.28. The van der Waals surface area contributed by atoms with E-state index in [-0.39, 0.29) is 24.5 Å². The molecule has 110 valence electrons. The Hall–Kier alpha value is -1.60. The molecule has 0 aliphatic carbocycles. The first kappa shape index (κ1) is 14.8. The molecule has 1 aliphatic rings. The summed E-state index contributed by atoms with van der Waals surface area (Å²) in [7, 11) is -2.97. The van der Waals surface area contributed by atoms with E-state index < -0.39 is 15.8 Å². The van der Waals surface area contributed by atoms with Crippen molar-refractivity contribution in [3.8, 4) is 0 Å². The molecule has 1 aliphatic heterocycles. The smallest absolute Gasteiger partial charge is 0.307 e. The van der Waals surface area contributed by atoms with Gasteiger partial charge in [0, 0.05) is 24.3 Å². The minimum Gasteiger partial charge on any atom is -0.481 e. The van der Waals surface area contributed by atoms with Gasteiger partial charge in [0.2, 0.25) is 0 Å². The van der Waals surface area contributed by atoms with Gasteiger partial charge in [-0.3, -0.25) is 4.79 Å².